The molecule has 1 amide bonds. The van der Waals surface area contributed by atoms with Gasteiger partial charge in [0.15, 0.2) is 18.7 Å². The molecule has 0 unspecified atom stereocenters. The number of nitrogens with two attached hydrogens (primary N) is 1. The number of alkyl halides is 1. The van der Waals surface area contributed by atoms with Gasteiger partial charge in [-0.15, -0.1) is 11.3 Å². The van der Waals surface area contributed by atoms with Crippen LogP contribution in [0.15, 0.2) is 33.7 Å². The molecule has 0 radical (unpaired) electrons. The van der Waals surface area contributed by atoms with Crippen LogP contribution in [0.25, 0.3) is 10.7 Å². The third-order valence-electron chi connectivity index (χ3n) is 13.6. The number of likely N-dealkylation sites (N-methyl/N-ethyl adjacent to an activating group) is 1. The summed E-state index contributed by atoms with van der Waals surface area (Å²) in [6.45, 7) is 15.1. The Balaban J connectivity index is 1.67. The number of anilines is 1. The summed E-state index contributed by atoms with van der Waals surface area (Å²) in [7, 11) is 3.70. The molecule has 350 valence electrons. The van der Waals surface area contributed by atoms with Crippen LogP contribution in [0.3, 0.4) is 0 Å². The number of amides is 1. The van der Waals surface area contributed by atoms with Crippen molar-refractivity contribution in [2.45, 2.75) is 168 Å². The number of thiazole rings is 1. The van der Waals surface area contributed by atoms with Gasteiger partial charge in [0.25, 0.3) is 5.67 Å². The van der Waals surface area contributed by atoms with Crippen LogP contribution in [0.2, 0.25) is 0 Å². The number of fused-ring (bicyclic) bond motifs is 5. The van der Waals surface area contributed by atoms with E-state index in [4.69, 9.17) is 29.8 Å². The van der Waals surface area contributed by atoms with Gasteiger partial charge in [-0.1, -0.05) is 52.8 Å². The van der Waals surface area contributed by atoms with Gasteiger partial charge in [-0.25, -0.2) is 24.1 Å². The number of halogens is 1. The lowest BCUT2D eigenvalue weighted by Crippen LogP contribution is -2.59. The van der Waals surface area contributed by atoms with Crippen LogP contribution in [0, 0.1) is 29.1 Å². The van der Waals surface area contributed by atoms with Gasteiger partial charge in [-0.2, -0.15) is 0 Å². The second kappa shape index (κ2) is 20.6. The van der Waals surface area contributed by atoms with E-state index < -0.39 is 76.7 Å². The quantitative estimate of drug-likeness (QED) is 0.136. The van der Waals surface area contributed by atoms with Gasteiger partial charge in [0.2, 0.25) is 5.91 Å². The molecule has 2 aromatic rings. The average Bonchev–Trinajstić information content (AvgIpc) is 3.70. The molecule has 1 saturated carbocycles. The SMILES string of the molecule is CCC(=O)/N=C1\[C@H](C)C[C@@]2(C)CC/C(=N/OCc3csc(-c4cccc(N)n4)n3)CC[C@H]([C@H]1C)[C@](C)(O)[C@@H](CC)OC(=O)[C@@](C)(F)C(=O)[C@H](C)[C@H]2O[C@@H]1O[C@H](C)C[C@H](N(C)C)[C@H]1O. The number of carbonyl (C=O) groups is 3. The Morgan fingerprint density at radius 1 is 1.10 bits per heavy atom. The lowest BCUT2D eigenvalue weighted by Gasteiger charge is -2.48. The highest BCUT2D eigenvalue weighted by Crippen LogP contribution is 2.47. The van der Waals surface area contributed by atoms with E-state index in [-0.39, 0.29) is 43.9 Å². The molecule has 3 aliphatic rings. The summed E-state index contributed by atoms with van der Waals surface area (Å²) in [5.41, 5.74) is 2.40. The summed E-state index contributed by atoms with van der Waals surface area (Å²) < 4.78 is 36.0. The van der Waals surface area contributed by atoms with Crippen molar-refractivity contribution < 1.29 is 48.0 Å². The monoisotopic (exact) mass is 900 g/mol. The van der Waals surface area contributed by atoms with Crippen LogP contribution in [0.1, 0.15) is 119 Å². The number of hydrogen-bond donors (Lipinski definition) is 3. The Labute approximate surface area is 375 Å². The summed E-state index contributed by atoms with van der Waals surface area (Å²) in [6, 6.07) is 4.98. The van der Waals surface area contributed by atoms with E-state index >= 15 is 4.39 Å². The Morgan fingerprint density at radius 3 is 2.46 bits per heavy atom. The van der Waals surface area contributed by atoms with Crippen LogP contribution < -0.4 is 5.73 Å². The number of aliphatic imine (C=N–C) groups is 1. The molecule has 0 aromatic carbocycles. The second-order valence-electron chi connectivity index (χ2n) is 18.8. The molecule has 2 aromatic heterocycles. The molecule has 63 heavy (non-hydrogen) atoms. The third-order valence-corrected chi connectivity index (χ3v) is 14.5. The fraction of sp³-hybridized carbons (Fsp3) is 0.717. The first kappa shape index (κ1) is 50.3. The van der Waals surface area contributed by atoms with Gasteiger partial charge in [0, 0.05) is 35.4 Å². The molecule has 5 rings (SSSR count). The second-order valence-corrected chi connectivity index (χ2v) is 19.7. The number of nitrogen functional groups attached to an aromatic ring is 1. The molecule has 2 aliphatic heterocycles. The van der Waals surface area contributed by atoms with E-state index in [9.17, 15) is 24.6 Å². The number of ketones is 1. The number of hydrogen-bond acceptors (Lipinski definition) is 15. The van der Waals surface area contributed by atoms with E-state index in [1.807, 2.05) is 64.2 Å². The van der Waals surface area contributed by atoms with Crippen molar-refractivity contribution in [1.29, 1.82) is 0 Å². The van der Waals surface area contributed by atoms with Gasteiger partial charge in [-0.05, 0) is 109 Å². The first-order valence-electron chi connectivity index (χ1n) is 22.3. The zero-order valence-electron chi connectivity index (χ0n) is 38.8. The van der Waals surface area contributed by atoms with Crippen molar-refractivity contribution in [1.82, 2.24) is 14.9 Å². The molecule has 2 bridgehead atoms. The zero-order chi connectivity index (χ0) is 46.6. The minimum Gasteiger partial charge on any atom is -0.457 e. The normalized spacial score (nSPS) is 37.6. The van der Waals surface area contributed by atoms with E-state index in [1.165, 1.54) is 18.3 Å². The molecular formula is C46H69FN6O9S. The summed E-state index contributed by atoms with van der Waals surface area (Å²) in [5.74, 6) is -5.43. The predicted molar refractivity (Wildman–Crippen MR) is 240 cm³/mol. The summed E-state index contributed by atoms with van der Waals surface area (Å²) in [4.78, 5) is 63.5. The predicted octanol–water partition coefficient (Wildman–Crippen LogP) is 6.73. The molecule has 4 heterocycles. The van der Waals surface area contributed by atoms with Crippen molar-refractivity contribution in [2.75, 3.05) is 19.8 Å². The van der Waals surface area contributed by atoms with Crippen molar-refractivity contribution in [3.63, 3.8) is 0 Å². The Morgan fingerprint density at radius 2 is 1.81 bits per heavy atom. The number of pyridine rings is 1. The topological polar surface area (TPSA) is 208 Å². The van der Waals surface area contributed by atoms with Crippen molar-refractivity contribution >= 4 is 46.2 Å². The van der Waals surface area contributed by atoms with Crippen molar-refractivity contribution in [3.8, 4) is 10.7 Å². The van der Waals surface area contributed by atoms with E-state index in [1.54, 1.807) is 26.8 Å². The molecule has 4 N–H and O–H groups in total. The minimum absolute atomic E-state index is 0.0481. The molecule has 15 nitrogen and oxygen atoms in total. The summed E-state index contributed by atoms with van der Waals surface area (Å²) in [5, 5.41) is 31.6. The smallest absolute Gasteiger partial charge is 0.351 e. The van der Waals surface area contributed by atoms with Crippen LogP contribution in [-0.2, 0) is 40.0 Å². The van der Waals surface area contributed by atoms with Crippen LogP contribution in [0.5, 0.6) is 0 Å². The van der Waals surface area contributed by atoms with Gasteiger partial charge in [0.05, 0.1) is 23.6 Å². The highest BCUT2D eigenvalue weighted by atomic mass is 32.1. The highest BCUT2D eigenvalue weighted by Gasteiger charge is 2.56. The van der Waals surface area contributed by atoms with E-state index in [0.717, 1.165) is 6.92 Å². The number of esters is 1. The number of Topliss-reactive ketones (excluding diaryl/α,β-unsaturated/α-hetero) is 1. The number of ether oxygens (including phenoxy) is 3. The molecule has 17 heteroatoms. The van der Waals surface area contributed by atoms with Gasteiger partial charge in [0.1, 0.15) is 34.3 Å². The first-order chi connectivity index (χ1) is 29.5. The number of rotatable bonds is 9. The lowest BCUT2D eigenvalue weighted by molar-refractivity contribution is -0.287. The van der Waals surface area contributed by atoms with E-state index in [2.05, 4.69) is 15.1 Å². The molecular weight excluding hydrogens is 832 g/mol. The number of aromatic nitrogens is 2. The molecule has 2 saturated heterocycles. The van der Waals surface area contributed by atoms with E-state index in [0.29, 0.717) is 65.7 Å². The fourth-order valence-electron chi connectivity index (χ4n) is 9.97. The fourth-order valence-corrected chi connectivity index (χ4v) is 10.7. The van der Waals surface area contributed by atoms with Crippen molar-refractivity contribution in [2.24, 2.45) is 39.2 Å². The number of nitrogens with zero attached hydrogens (tertiary/aromatic N) is 5. The van der Waals surface area contributed by atoms with Crippen LogP contribution >= 0.6 is 11.3 Å². The van der Waals surface area contributed by atoms with Crippen LogP contribution in [-0.4, -0.2) is 116 Å². The van der Waals surface area contributed by atoms with Crippen LogP contribution in [0.4, 0.5) is 10.2 Å². The molecule has 13 atom stereocenters. The molecule has 3 fully saturated rings. The average molecular weight is 901 g/mol. The number of aliphatic hydroxyl groups is 2. The zero-order valence-corrected chi connectivity index (χ0v) is 39.6. The Hall–Kier alpha value is -3.74. The number of aliphatic hydroxyl groups excluding tert-OH is 1. The first-order valence-corrected chi connectivity index (χ1v) is 23.2. The maximum atomic E-state index is 17.0. The largest absolute Gasteiger partial charge is 0.457 e. The third kappa shape index (κ3) is 11.4. The Kier molecular flexibility index (Phi) is 16.4. The van der Waals surface area contributed by atoms with Gasteiger partial charge in [-0.3, -0.25) is 9.59 Å². The van der Waals surface area contributed by atoms with Gasteiger partial charge >= 0.3 is 5.97 Å². The highest BCUT2D eigenvalue weighted by molar-refractivity contribution is 7.13. The van der Waals surface area contributed by atoms with Crippen molar-refractivity contribution in [3.05, 3.63) is 29.3 Å². The number of oxime groups is 1. The number of carbonyl (C=O) groups excluding carboxylic acids is 3. The maximum absolute atomic E-state index is 17.0. The maximum Gasteiger partial charge on any atom is 0.351 e. The molecule has 1 aliphatic carbocycles. The standard InChI is InChI=1S/C46H69FN6O9S/c1-12-34-46(9,58)31-18-17-29(52-59-23-30-24-63-41(49-30)32-15-14-16-35(48)50-32)19-20-44(7,22-25(3)37(27(31)5)51-36(54)13-2)40(28(6)39(56)45(8,47)43(57)61-34)62-42-38(55)33(53(10)11)21-26(4)60-42/h14-16,24-28,31,33-34,38,40,42,55,58H,12-13,17-23H2,1-11H3,(H2,48,50)/b51-37+,52-29+/t25-,26-,27-,28+,31-,33+,34-,38-,40-,42+,44-,45+,46+/m1/s1. The summed E-state index contributed by atoms with van der Waals surface area (Å²) >= 11 is 1.40. The summed E-state index contributed by atoms with van der Waals surface area (Å²) in [6.07, 6.45) is -2.81. The molecule has 0 spiro atoms. The van der Waals surface area contributed by atoms with Gasteiger partial charge < -0.3 is 39.9 Å². The number of cyclic esters (lactones) is 1. The minimum atomic E-state index is -3.13. The lowest BCUT2D eigenvalue weighted by atomic mass is 9.65. The Bertz CT molecular complexity index is 1990.